The van der Waals surface area contributed by atoms with Gasteiger partial charge in [0.15, 0.2) is 0 Å². The molecule has 6 nitrogen and oxygen atoms in total. The zero-order valence-electron chi connectivity index (χ0n) is 17.2. The quantitative estimate of drug-likeness (QED) is 0.668. The van der Waals surface area contributed by atoms with E-state index in [9.17, 15) is 14.4 Å². The van der Waals surface area contributed by atoms with Gasteiger partial charge in [-0.3, -0.25) is 14.4 Å². The summed E-state index contributed by atoms with van der Waals surface area (Å²) in [7, 11) is 0. The second kappa shape index (κ2) is 10.7. The third-order valence-corrected chi connectivity index (χ3v) is 5.56. The highest BCUT2D eigenvalue weighted by atomic mass is 16.2. The van der Waals surface area contributed by atoms with Crippen molar-refractivity contribution >= 4 is 17.6 Å². The van der Waals surface area contributed by atoms with Crippen LogP contribution in [0.3, 0.4) is 0 Å². The van der Waals surface area contributed by atoms with Gasteiger partial charge < -0.3 is 16.0 Å². The summed E-state index contributed by atoms with van der Waals surface area (Å²) in [5, 5.41) is 3.11. The molecule has 30 heavy (non-hydrogen) atoms. The van der Waals surface area contributed by atoms with Crippen LogP contribution in [0.4, 0.5) is 0 Å². The fraction of sp³-hybridized carbons (Fsp3) is 0.375. The summed E-state index contributed by atoms with van der Waals surface area (Å²) in [6, 6.07) is 16.5. The summed E-state index contributed by atoms with van der Waals surface area (Å²) in [6.07, 6.45) is 3.35. The first kappa shape index (κ1) is 21.7. The lowest BCUT2D eigenvalue weighted by atomic mass is 9.99. The average Bonchev–Trinajstić information content (AvgIpc) is 2.76. The van der Waals surface area contributed by atoms with Crippen LogP contribution in [0, 0.1) is 0 Å². The van der Waals surface area contributed by atoms with Gasteiger partial charge in [0.2, 0.25) is 5.91 Å². The topological polar surface area (TPSA) is 92.5 Å². The van der Waals surface area contributed by atoms with Crippen LogP contribution in [-0.2, 0) is 11.2 Å². The molecule has 0 saturated carbocycles. The van der Waals surface area contributed by atoms with E-state index in [1.807, 2.05) is 36.4 Å². The number of carbonyl (C=O) groups excluding carboxylic acids is 3. The maximum absolute atomic E-state index is 12.3. The molecule has 2 amide bonds. The minimum Gasteiger partial charge on any atom is -0.366 e. The van der Waals surface area contributed by atoms with Crippen molar-refractivity contribution in [3.05, 3.63) is 71.3 Å². The Morgan fingerprint density at radius 2 is 1.63 bits per heavy atom. The molecule has 6 heteroatoms. The summed E-state index contributed by atoms with van der Waals surface area (Å²) in [5.41, 5.74) is 7.19. The molecule has 0 bridgehead atoms. The van der Waals surface area contributed by atoms with Crippen molar-refractivity contribution in [1.29, 1.82) is 0 Å². The summed E-state index contributed by atoms with van der Waals surface area (Å²) in [6.45, 7) is 2.69. The van der Waals surface area contributed by atoms with Gasteiger partial charge in [0.25, 0.3) is 5.91 Å². The van der Waals surface area contributed by atoms with E-state index in [-0.39, 0.29) is 24.2 Å². The van der Waals surface area contributed by atoms with E-state index in [0.717, 1.165) is 38.9 Å². The van der Waals surface area contributed by atoms with Gasteiger partial charge in [-0.05, 0) is 49.6 Å². The van der Waals surface area contributed by atoms with Gasteiger partial charge in [-0.2, -0.15) is 0 Å². The summed E-state index contributed by atoms with van der Waals surface area (Å²) < 4.78 is 0. The number of benzene rings is 2. The Morgan fingerprint density at radius 3 is 2.33 bits per heavy atom. The van der Waals surface area contributed by atoms with Crippen molar-refractivity contribution < 1.29 is 14.4 Å². The second-order valence-corrected chi connectivity index (χ2v) is 7.80. The number of primary amides is 1. The Kier molecular flexibility index (Phi) is 7.74. The van der Waals surface area contributed by atoms with E-state index in [2.05, 4.69) is 10.2 Å². The van der Waals surface area contributed by atoms with Crippen LogP contribution in [0.15, 0.2) is 54.6 Å². The molecule has 0 atom stereocenters. The van der Waals surface area contributed by atoms with Crippen LogP contribution in [0.25, 0.3) is 0 Å². The van der Waals surface area contributed by atoms with E-state index in [0.29, 0.717) is 23.1 Å². The predicted molar refractivity (Wildman–Crippen MR) is 116 cm³/mol. The Bertz CT molecular complexity index is 874. The lowest BCUT2D eigenvalue weighted by Crippen LogP contribution is -2.44. The van der Waals surface area contributed by atoms with E-state index < -0.39 is 5.91 Å². The maximum Gasteiger partial charge on any atom is 0.251 e. The number of Topliss-reactive ketones (excluding diaryl/α,β-unsaturated/α-hetero) is 1. The maximum atomic E-state index is 12.3. The average molecular weight is 408 g/mol. The van der Waals surface area contributed by atoms with Crippen molar-refractivity contribution in [3.8, 4) is 0 Å². The summed E-state index contributed by atoms with van der Waals surface area (Å²) >= 11 is 0. The monoisotopic (exact) mass is 407 g/mol. The number of piperidine rings is 1. The number of ketones is 1. The molecule has 158 valence electrons. The number of nitrogens with two attached hydrogens (primary N) is 1. The molecule has 1 heterocycles. The highest BCUT2D eigenvalue weighted by Gasteiger charge is 2.21. The Balaban J connectivity index is 1.35. The number of likely N-dealkylation sites (tertiary alicyclic amines) is 1. The zero-order chi connectivity index (χ0) is 21.3. The number of rotatable bonds is 9. The van der Waals surface area contributed by atoms with Gasteiger partial charge in [0, 0.05) is 43.1 Å². The Hall–Kier alpha value is -2.99. The molecule has 0 radical (unpaired) electrons. The van der Waals surface area contributed by atoms with Gasteiger partial charge in [-0.15, -0.1) is 0 Å². The first-order chi connectivity index (χ1) is 14.5. The molecule has 2 aromatic carbocycles. The molecule has 1 fully saturated rings. The van der Waals surface area contributed by atoms with Gasteiger partial charge in [0.05, 0.1) is 0 Å². The SMILES string of the molecule is NC(=O)c1ccccc1CC(=O)CCCN1CCC(NC(=O)c2ccccc2)CC1. The lowest BCUT2D eigenvalue weighted by molar-refractivity contribution is -0.118. The smallest absolute Gasteiger partial charge is 0.251 e. The highest BCUT2D eigenvalue weighted by molar-refractivity contribution is 5.96. The minimum atomic E-state index is -0.499. The van der Waals surface area contributed by atoms with Gasteiger partial charge in [-0.1, -0.05) is 36.4 Å². The molecule has 1 aliphatic heterocycles. The Labute approximate surface area is 177 Å². The van der Waals surface area contributed by atoms with Crippen LogP contribution < -0.4 is 11.1 Å². The lowest BCUT2D eigenvalue weighted by Gasteiger charge is -2.32. The fourth-order valence-electron chi connectivity index (χ4n) is 3.87. The predicted octanol–water partition coefficient (Wildman–Crippen LogP) is 2.57. The highest BCUT2D eigenvalue weighted by Crippen LogP contribution is 2.14. The van der Waals surface area contributed by atoms with Crippen molar-refractivity contribution in [3.63, 3.8) is 0 Å². The van der Waals surface area contributed by atoms with Crippen LogP contribution in [0.5, 0.6) is 0 Å². The van der Waals surface area contributed by atoms with Gasteiger partial charge in [-0.25, -0.2) is 0 Å². The molecule has 3 rings (SSSR count). The third-order valence-electron chi connectivity index (χ3n) is 5.56. The number of carbonyl (C=O) groups is 3. The number of amides is 2. The van der Waals surface area contributed by atoms with Gasteiger partial charge in [0.1, 0.15) is 5.78 Å². The number of hydrogen-bond donors (Lipinski definition) is 2. The van der Waals surface area contributed by atoms with E-state index in [1.165, 1.54) is 0 Å². The molecule has 0 aliphatic carbocycles. The third kappa shape index (κ3) is 6.26. The molecular weight excluding hydrogens is 378 g/mol. The minimum absolute atomic E-state index is 0.0177. The molecule has 1 aliphatic rings. The summed E-state index contributed by atoms with van der Waals surface area (Å²) in [4.78, 5) is 38.4. The normalized spacial score (nSPS) is 14.9. The van der Waals surface area contributed by atoms with Crippen molar-refractivity contribution in [2.24, 2.45) is 5.73 Å². The molecule has 0 aromatic heterocycles. The van der Waals surface area contributed by atoms with Crippen LogP contribution in [-0.4, -0.2) is 48.2 Å². The Morgan fingerprint density at radius 1 is 0.967 bits per heavy atom. The first-order valence-corrected chi connectivity index (χ1v) is 10.5. The van der Waals surface area contributed by atoms with Crippen LogP contribution in [0.2, 0.25) is 0 Å². The number of nitrogens with one attached hydrogen (secondary N) is 1. The molecule has 2 aromatic rings. The largest absolute Gasteiger partial charge is 0.366 e. The molecular formula is C24H29N3O3. The zero-order valence-corrected chi connectivity index (χ0v) is 17.2. The van der Waals surface area contributed by atoms with Crippen LogP contribution >= 0.6 is 0 Å². The van der Waals surface area contributed by atoms with Crippen molar-refractivity contribution in [2.75, 3.05) is 19.6 Å². The fourth-order valence-corrected chi connectivity index (χ4v) is 3.87. The van der Waals surface area contributed by atoms with E-state index in [4.69, 9.17) is 5.73 Å². The van der Waals surface area contributed by atoms with Crippen molar-refractivity contribution in [2.45, 2.75) is 38.1 Å². The van der Waals surface area contributed by atoms with Crippen LogP contribution in [0.1, 0.15) is 52.0 Å². The molecule has 0 unspecified atom stereocenters. The molecule has 3 N–H and O–H groups in total. The van der Waals surface area contributed by atoms with E-state index in [1.54, 1.807) is 18.2 Å². The molecule has 1 saturated heterocycles. The van der Waals surface area contributed by atoms with E-state index >= 15 is 0 Å². The standard InChI is InChI=1S/C24H29N3O3/c25-23(29)22-11-5-4-9-19(22)17-21(28)10-6-14-27-15-12-20(13-16-27)26-24(30)18-7-2-1-3-8-18/h1-5,7-9,11,20H,6,10,12-17H2,(H2,25,29)(H,26,30). The van der Waals surface area contributed by atoms with Gasteiger partial charge >= 0.3 is 0 Å². The number of hydrogen-bond acceptors (Lipinski definition) is 4. The number of nitrogens with zero attached hydrogens (tertiary/aromatic N) is 1. The van der Waals surface area contributed by atoms with Crippen molar-refractivity contribution in [1.82, 2.24) is 10.2 Å². The second-order valence-electron chi connectivity index (χ2n) is 7.80. The molecule has 0 spiro atoms. The first-order valence-electron chi connectivity index (χ1n) is 10.5. The summed E-state index contributed by atoms with van der Waals surface area (Å²) in [5.74, 6) is -0.398.